The first-order valence-electron chi connectivity index (χ1n) is 3.23. The van der Waals surface area contributed by atoms with Crippen LogP contribution in [0.1, 0.15) is 12.8 Å². The fraction of sp³-hybridized carbons (Fsp3) is 1.00. The lowest BCUT2D eigenvalue weighted by atomic mass is 10.3. The van der Waals surface area contributed by atoms with Gasteiger partial charge in [0.1, 0.15) is 0 Å². The highest BCUT2D eigenvalue weighted by Gasteiger charge is 1.88. The van der Waals surface area contributed by atoms with Gasteiger partial charge in [-0.05, 0) is 36.9 Å². The predicted molar refractivity (Wildman–Crippen MR) is 48.2 cm³/mol. The Labute approximate surface area is 71.5 Å². The van der Waals surface area contributed by atoms with Crippen molar-refractivity contribution in [2.75, 3.05) is 25.7 Å². The van der Waals surface area contributed by atoms with Crippen LogP contribution >= 0.6 is 24.1 Å². The van der Waals surface area contributed by atoms with Gasteiger partial charge in [-0.25, -0.2) is 0 Å². The van der Waals surface area contributed by atoms with E-state index in [1.165, 1.54) is 24.1 Å². The molecule has 0 aromatic rings. The number of hydrogen-bond donors (Lipinski definition) is 0. The quantitative estimate of drug-likeness (QED) is 0.444. The highest BCUT2D eigenvalue weighted by Crippen LogP contribution is 2.01. The van der Waals surface area contributed by atoms with Gasteiger partial charge in [0.15, 0.2) is 0 Å². The van der Waals surface area contributed by atoms with Gasteiger partial charge >= 0.3 is 0 Å². The zero-order valence-electron chi connectivity index (χ0n) is 6.46. The standard InChI is InChI=1S/C6H14O2S2/c1-9-7-5-3-4-6-8-10-2/h3-6H2,1-2H3. The third-order valence-electron chi connectivity index (χ3n) is 0.941. The molecule has 0 amide bonds. The van der Waals surface area contributed by atoms with Crippen molar-refractivity contribution < 1.29 is 8.37 Å². The molecule has 2 nitrogen and oxygen atoms in total. The minimum absolute atomic E-state index is 0.832. The predicted octanol–water partition coefficient (Wildman–Crippen LogP) is 2.36. The van der Waals surface area contributed by atoms with Crippen LogP contribution in [-0.4, -0.2) is 25.7 Å². The summed E-state index contributed by atoms with van der Waals surface area (Å²) in [6, 6.07) is 0. The molecule has 0 N–H and O–H groups in total. The van der Waals surface area contributed by atoms with E-state index in [4.69, 9.17) is 8.37 Å². The lowest BCUT2D eigenvalue weighted by Gasteiger charge is -1.99. The molecule has 0 spiro atoms. The van der Waals surface area contributed by atoms with Crippen molar-refractivity contribution in [1.29, 1.82) is 0 Å². The average molecular weight is 182 g/mol. The van der Waals surface area contributed by atoms with Gasteiger partial charge in [0.25, 0.3) is 0 Å². The van der Waals surface area contributed by atoms with E-state index in [0.29, 0.717) is 0 Å². The molecule has 0 rings (SSSR count). The van der Waals surface area contributed by atoms with E-state index in [1.807, 2.05) is 12.5 Å². The van der Waals surface area contributed by atoms with E-state index in [9.17, 15) is 0 Å². The Bertz CT molecular complexity index is 53.7. The van der Waals surface area contributed by atoms with Gasteiger partial charge < -0.3 is 8.37 Å². The van der Waals surface area contributed by atoms with Crippen LogP contribution < -0.4 is 0 Å². The molecule has 0 aromatic heterocycles. The van der Waals surface area contributed by atoms with Crippen LogP contribution in [0.15, 0.2) is 0 Å². The summed E-state index contributed by atoms with van der Waals surface area (Å²) in [7, 11) is 0. The monoisotopic (exact) mass is 182 g/mol. The minimum atomic E-state index is 0.832. The van der Waals surface area contributed by atoms with E-state index in [2.05, 4.69) is 0 Å². The molecular formula is C6H14O2S2. The molecule has 0 aliphatic rings. The first-order chi connectivity index (χ1) is 4.91. The van der Waals surface area contributed by atoms with Crippen LogP contribution in [0, 0.1) is 0 Å². The maximum atomic E-state index is 5.07. The largest absolute Gasteiger partial charge is 0.316 e. The fourth-order valence-corrected chi connectivity index (χ4v) is 1.06. The second kappa shape index (κ2) is 9.62. The van der Waals surface area contributed by atoms with Crippen LogP contribution in [-0.2, 0) is 8.37 Å². The second-order valence-electron chi connectivity index (χ2n) is 1.68. The summed E-state index contributed by atoms with van der Waals surface area (Å²) in [5.41, 5.74) is 0. The second-order valence-corrected chi connectivity index (χ2v) is 2.82. The van der Waals surface area contributed by atoms with Gasteiger partial charge in [0.05, 0.1) is 13.2 Å². The average Bonchev–Trinajstić information content (AvgIpc) is 1.97. The number of unbranched alkanes of at least 4 members (excludes halogenated alkanes) is 1. The smallest absolute Gasteiger partial charge is 0.0614 e. The van der Waals surface area contributed by atoms with Crippen LogP contribution in [0.3, 0.4) is 0 Å². The topological polar surface area (TPSA) is 18.5 Å². The SMILES string of the molecule is CSOCCCCOSC. The summed E-state index contributed by atoms with van der Waals surface area (Å²) >= 11 is 2.84. The van der Waals surface area contributed by atoms with Gasteiger partial charge in [0.2, 0.25) is 0 Å². The zero-order chi connectivity index (χ0) is 7.66. The maximum Gasteiger partial charge on any atom is 0.0614 e. The van der Waals surface area contributed by atoms with Crippen molar-refractivity contribution in [2.45, 2.75) is 12.8 Å². The molecule has 0 fully saturated rings. The Morgan fingerprint density at radius 1 is 0.900 bits per heavy atom. The minimum Gasteiger partial charge on any atom is -0.316 e. The van der Waals surface area contributed by atoms with Crippen molar-refractivity contribution in [3.05, 3.63) is 0 Å². The van der Waals surface area contributed by atoms with Crippen molar-refractivity contribution >= 4 is 24.1 Å². The maximum absolute atomic E-state index is 5.07. The van der Waals surface area contributed by atoms with Gasteiger partial charge in [-0.2, -0.15) is 0 Å². The van der Waals surface area contributed by atoms with Crippen LogP contribution in [0.4, 0.5) is 0 Å². The van der Waals surface area contributed by atoms with Crippen LogP contribution in [0.5, 0.6) is 0 Å². The molecule has 0 saturated carbocycles. The summed E-state index contributed by atoms with van der Waals surface area (Å²) < 4.78 is 10.1. The molecule has 0 saturated heterocycles. The Hall–Kier alpha value is 0.620. The summed E-state index contributed by atoms with van der Waals surface area (Å²) in [6.45, 7) is 1.66. The summed E-state index contributed by atoms with van der Waals surface area (Å²) in [6.07, 6.45) is 6.03. The summed E-state index contributed by atoms with van der Waals surface area (Å²) in [4.78, 5) is 0. The molecule has 0 unspecified atom stereocenters. The molecule has 0 radical (unpaired) electrons. The summed E-state index contributed by atoms with van der Waals surface area (Å²) in [5, 5.41) is 0. The number of rotatable bonds is 7. The zero-order valence-corrected chi connectivity index (χ0v) is 8.09. The van der Waals surface area contributed by atoms with Gasteiger partial charge in [-0.1, -0.05) is 0 Å². The van der Waals surface area contributed by atoms with E-state index in [0.717, 1.165) is 26.1 Å². The lowest BCUT2D eigenvalue weighted by molar-refractivity contribution is 0.314. The highest BCUT2D eigenvalue weighted by molar-refractivity contribution is 7.94. The third kappa shape index (κ3) is 8.62. The Balaban J connectivity index is 2.65. The lowest BCUT2D eigenvalue weighted by Crippen LogP contribution is -1.91. The Morgan fingerprint density at radius 2 is 1.30 bits per heavy atom. The Morgan fingerprint density at radius 3 is 1.60 bits per heavy atom. The number of hydrogen-bond acceptors (Lipinski definition) is 4. The molecule has 0 heterocycles. The molecule has 10 heavy (non-hydrogen) atoms. The summed E-state index contributed by atoms with van der Waals surface area (Å²) in [5.74, 6) is 0. The van der Waals surface area contributed by atoms with Gasteiger partial charge in [-0.15, -0.1) is 0 Å². The van der Waals surface area contributed by atoms with E-state index in [-0.39, 0.29) is 0 Å². The molecule has 0 aromatic carbocycles. The van der Waals surface area contributed by atoms with Crippen LogP contribution in [0.25, 0.3) is 0 Å². The van der Waals surface area contributed by atoms with Crippen molar-refractivity contribution in [3.8, 4) is 0 Å². The molecule has 0 aliphatic heterocycles. The van der Waals surface area contributed by atoms with Crippen molar-refractivity contribution in [2.24, 2.45) is 0 Å². The first kappa shape index (κ1) is 10.6. The molecule has 62 valence electrons. The van der Waals surface area contributed by atoms with E-state index in [1.54, 1.807) is 0 Å². The molecule has 0 bridgehead atoms. The van der Waals surface area contributed by atoms with Crippen molar-refractivity contribution in [1.82, 2.24) is 0 Å². The fourth-order valence-electron chi connectivity index (χ4n) is 0.489. The molecule has 0 aliphatic carbocycles. The first-order valence-corrected chi connectivity index (χ1v) is 5.53. The van der Waals surface area contributed by atoms with Gasteiger partial charge in [0, 0.05) is 12.5 Å². The molecule has 4 heteroatoms. The van der Waals surface area contributed by atoms with E-state index >= 15 is 0 Å². The van der Waals surface area contributed by atoms with Gasteiger partial charge in [-0.3, -0.25) is 0 Å². The molecule has 0 atom stereocenters. The van der Waals surface area contributed by atoms with E-state index < -0.39 is 0 Å². The Kier molecular flexibility index (Phi) is 10.2. The third-order valence-corrected chi connectivity index (χ3v) is 1.75. The van der Waals surface area contributed by atoms with Crippen molar-refractivity contribution in [3.63, 3.8) is 0 Å². The molecular weight excluding hydrogens is 168 g/mol. The normalized spacial score (nSPS) is 10.2. The van der Waals surface area contributed by atoms with Crippen LogP contribution in [0.2, 0.25) is 0 Å². The highest BCUT2D eigenvalue weighted by atomic mass is 32.2.